The van der Waals surface area contributed by atoms with Crippen LogP contribution in [0.15, 0.2) is 18.3 Å². The van der Waals surface area contributed by atoms with E-state index in [0.29, 0.717) is 6.04 Å². The molecule has 0 bridgehead atoms. The molecule has 1 rings (SSSR count). The Balaban J connectivity index is 2.72. The number of aliphatic hydroxyl groups is 1. The molecule has 1 atom stereocenters. The average Bonchev–Trinajstić information content (AvgIpc) is 2.34. The van der Waals surface area contributed by atoms with Crippen LogP contribution in [-0.4, -0.2) is 22.7 Å². The molecule has 1 aromatic heterocycles. The van der Waals surface area contributed by atoms with E-state index in [1.807, 2.05) is 12.3 Å². The van der Waals surface area contributed by atoms with Crippen molar-refractivity contribution in [2.45, 2.75) is 59.1 Å². The van der Waals surface area contributed by atoms with Gasteiger partial charge in [0.25, 0.3) is 0 Å². The number of aromatic nitrogens is 1. The summed E-state index contributed by atoms with van der Waals surface area (Å²) in [4.78, 5) is 6.69. The Morgan fingerprint density at radius 1 is 1.22 bits per heavy atom. The summed E-state index contributed by atoms with van der Waals surface area (Å²) in [6.45, 7) is 9.44. The maximum Gasteiger partial charge on any atom is 0.0931 e. The second-order valence-electron chi connectivity index (χ2n) is 5.11. The van der Waals surface area contributed by atoms with Crippen LogP contribution in [0.2, 0.25) is 0 Å². The van der Waals surface area contributed by atoms with Crippen molar-refractivity contribution in [2.24, 2.45) is 0 Å². The molecule has 3 nitrogen and oxygen atoms in total. The fourth-order valence-corrected chi connectivity index (χ4v) is 2.03. The van der Waals surface area contributed by atoms with E-state index in [4.69, 9.17) is 0 Å². The summed E-state index contributed by atoms with van der Waals surface area (Å²) in [5.74, 6) is 0. The molecule has 0 radical (unpaired) electrons. The quantitative estimate of drug-likeness (QED) is 0.752. The largest absolute Gasteiger partial charge is 0.387 e. The first-order chi connectivity index (χ1) is 8.56. The standard InChI is InChI=1S/C15H26N2O/c1-5-6-7-10-17(12(2)3)14-8-9-15(13(4)18)16-11-14/h8-9,11-13,18H,5-7,10H2,1-4H3/t13-/m1/s1. The molecule has 0 saturated carbocycles. The summed E-state index contributed by atoms with van der Waals surface area (Å²) in [5.41, 5.74) is 1.88. The monoisotopic (exact) mass is 250 g/mol. The molecule has 0 aliphatic carbocycles. The highest BCUT2D eigenvalue weighted by Gasteiger charge is 2.11. The summed E-state index contributed by atoms with van der Waals surface area (Å²) in [5, 5.41) is 9.46. The maximum absolute atomic E-state index is 9.46. The average molecular weight is 250 g/mol. The molecule has 0 spiro atoms. The minimum Gasteiger partial charge on any atom is -0.387 e. The third kappa shape index (κ3) is 4.30. The van der Waals surface area contributed by atoms with Gasteiger partial charge in [-0.15, -0.1) is 0 Å². The van der Waals surface area contributed by atoms with E-state index in [0.717, 1.165) is 17.9 Å². The van der Waals surface area contributed by atoms with Crippen molar-refractivity contribution >= 4 is 5.69 Å². The first-order valence-corrected chi connectivity index (χ1v) is 6.97. The topological polar surface area (TPSA) is 36.4 Å². The van der Waals surface area contributed by atoms with Crippen LogP contribution in [-0.2, 0) is 0 Å². The highest BCUT2D eigenvalue weighted by Crippen LogP contribution is 2.19. The summed E-state index contributed by atoms with van der Waals surface area (Å²) in [7, 11) is 0. The zero-order valence-corrected chi connectivity index (χ0v) is 12.1. The normalized spacial score (nSPS) is 12.8. The number of rotatable bonds is 7. The lowest BCUT2D eigenvalue weighted by atomic mass is 10.2. The molecule has 0 aliphatic rings. The number of hydrogen-bond donors (Lipinski definition) is 1. The van der Waals surface area contributed by atoms with Crippen LogP contribution in [0.1, 0.15) is 58.8 Å². The molecule has 102 valence electrons. The van der Waals surface area contributed by atoms with Crippen LogP contribution in [0.4, 0.5) is 5.69 Å². The van der Waals surface area contributed by atoms with E-state index in [9.17, 15) is 5.11 Å². The first-order valence-electron chi connectivity index (χ1n) is 6.97. The van der Waals surface area contributed by atoms with E-state index < -0.39 is 6.10 Å². The van der Waals surface area contributed by atoms with Crippen molar-refractivity contribution in [3.63, 3.8) is 0 Å². The number of pyridine rings is 1. The zero-order chi connectivity index (χ0) is 13.5. The molecule has 0 amide bonds. The van der Waals surface area contributed by atoms with Gasteiger partial charge in [-0.2, -0.15) is 0 Å². The first kappa shape index (κ1) is 15.0. The van der Waals surface area contributed by atoms with Gasteiger partial charge in [-0.3, -0.25) is 4.98 Å². The van der Waals surface area contributed by atoms with Gasteiger partial charge < -0.3 is 10.0 Å². The molecule has 0 aromatic carbocycles. The van der Waals surface area contributed by atoms with Crippen molar-refractivity contribution in [3.8, 4) is 0 Å². The van der Waals surface area contributed by atoms with Crippen LogP contribution in [0.5, 0.6) is 0 Å². The Hall–Kier alpha value is -1.09. The molecule has 3 heteroatoms. The number of unbranched alkanes of at least 4 members (excludes halogenated alkanes) is 2. The number of hydrogen-bond acceptors (Lipinski definition) is 3. The molecule has 0 saturated heterocycles. The van der Waals surface area contributed by atoms with Crippen molar-refractivity contribution in [1.29, 1.82) is 0 Å². The predicted molar refractivity (Wildman–Crippen MR) is 76.9 cm³/mol. The van der Waals surface area contributed by atoms with Crippen molar-refractivity contribution < 1.29 is 5.11 Å². The lowest BCUT2D eigenvalue weighted by molar-refractivity contribution is 0.194. The van der Waals surface area contributed by atoms with Crippen LogP contribution >= 0.6 is 0 Å². The lowest BCUT2D eigenvalue weighted by Gasteiger charge is -2.29. The third-order valence-corrected chi connectivity index (χ3v) is 3.16. The second-order valence-corrected chi connectivity index (χ2v) is 5.11. The second kappa shape index (κ2) is 7.37. The highest BCUT2D eigenvalue weighted by atomic mass is 16.3. The summed E-state index contributed by atoms with van der Waals surface area (Å²) >= 11 is 0. The van der Waals surface area contributed by atoms with Gasteiger partial charge >= 0.3 is 0 Å². The van der Waals surface area contributed by atoms with Gasteiger partial charge in [-0.1, -0.05) is 19.8 Å². The fourth-order valence-electron chi connectivity index (χ4n) is 2.03. The molecule has 1 heterocycles. The van der Waals surface area contributed by atoms with Crippen molar-refractivity contribution in [2.75, 3.05) is 11.4 Å². The molecule has 0 unspecified atom stereocenters. The van der Waals surface area contributed by atoms with E-state index >= 15 is 0 Å². The Kier molecular flexibility index (Phi) is 6.13. The summed E-state index contributed by atoms with van der Waals surface area (Å²) in [6, 6.07) is 4.44. The van der Waals surface area contributed by atoms with Crippen LogP contribution in [0.25, 0.3) is 0 Å². The van der Waals surface area contributed by atoms with Gasteiger partial charge in [0.1, 0.15) is 0 Å². The van der Waals surface area contributed by atoms with Crippen LogP contribution in [0.3, 0.4) is 0 Å². The Bertz CT molecular complexity index is 333. The van der Waals surface area contributed by atoms with Gasteiger partial charge in [0.15, 0.2) is 0 Å². The molecule has 0 aliphatic heterocycles. The third-order valence-electron chi connectivity index (χ3n) is 3.16. The predicted octanol–water partition coefficient (Wildman–Crippen LogP) is 3.54. The highest BCUT2D eigenvalue weighted by molar-refractivity contribution is 5.45. The Morgan fingerprint density at radius 2 is 1.94 bits per heavy atom. The van der Waals surface area contributed by atoms with Gasteiger partial charge in [-0.25, -0.2) is 0 Å². The summed E-state index contributed by atoms with van der Waals surface area (Å²) < 4.78 is 0. The van der Waals surface area contributed by atoms with Gasteiger partial charge in [0, 0.05) is 12.6 Å². The van der Waals surface area contributed by atoms with E-state index in [-0.39, 0.29) is 0 Å². The Morgan fingerprint density at radius 3 is 2.39 bits per heavy atom. The van der Waals surface area contributed by atoms with Gasteiger partial charge in [0.05, 0.1) is 23.7 Å². The smallest absolute Gasteiger partial charge is 0.0931 e. The van der Waals surface area contributed by atoms with Gasteiger partial charge in [0.2, 0.25) is 0 Å². The minimum atomic E-state index is -0.494. The van der Waals surface area contributed by atoms with E-state index in [1.165, 1.54) is 19.3 Å². The number of anilines is 1. The Labute approximate surface area is 111 Å². The van der Waals surface area contributed by atoms with Crippen LogP contribution < -0.4 is 4.90 Å². The zero-order valence-electron chi connectivity index (χ0n) is 12.1. The van der Waals surface area contributed by atoms with Crippen molar-refractivity contribution in [1.82, 2.24) is 4.98 Å². The molecular weight excluding hydrogens is 224 g/mol. The van der Waals surface area contributed by atoms with E-state index in [2.05, 4.69) is 36.7 Å². The van der Waals surface area contributed by atoms with E-state index in [1.54, 1.807) is 6.92 Å². The lowest BCUT2D eigenvalue weighted by Crippen LogP contribution is -2.31. The number of nitrogens with zero attached hydrogens (tertiary/aromatic N) is 2. The van der Waals surface area contributed by atoms with Crippen molar-refractivity contribution in [3.05, 3.63) is 24.0 Å². The van der Waals surface area contributed by atoms with Crippen LogP contribution in [0, 0.1) is 0 Å². The SMILES string of the molecule is CCCCCN(c1ccc([C@@H](C)O)nc1)C(C)C. The number of aliphatic hydroxyl groups excluding tert-OH is 1. The minimum absolute atomic E-state index is 0.473. The molecular formula is C15H26N2O. The van der Waals surface area contributed by atoms with Gasteiger partial charge in [-0.05, 0) is 39.3 Å². The fraction of sp³-hybridized carbons (Fsp3) is 0.667. The molecule has 1 N–H and O–H groups in total. The maximum atomic E-state index is 9.46. The molecule has 0 fully saturated rings. The summed E-state index contributed by atoms with van der Waals surface area (Å²) in [6.07, 6.45) is 5.10. The molecule has 18 heavy (non-hydrogen) atoms. The molecule has 1 aromatic rings.